The van der Waals surface area contributed by atoms with Gasteiger partial charge in [0, 0.05) is 5.56 Å². The number of carbonyl (C=O) groups is 1. The number of ether oxygens (including phenoxy) is 1. The van der Waals surface area contributed by atoms with Crippen molar-refractivity contribution >= 4 is 11.6 Å². The lowest BCUT2D eigenvalue weighted by molar-refractivity contribution is -0.123. The summed E-state index contributed by atoms with van der Waals surface area (Å²) >= 11 is 0. The van der Waals surface area contributed by atoms with Crippen molar-refractivity contribution in [3.63, 3.8) is 0 Å². The predicted molar refractivity (Wildman–Crippen MR) is 81.2 cm³/mol. The number of alkyl halides is 3. The van der Waals surface area contributed by atoms with Crippen LogP contribution in [-0.2, 0) is 0 Å². The summed E-state index contributed by atoms with van der Waals surface area (Å²) in [5.74, 6) is -0.305. The highest BCUT2D eigenvalue weighted by Crippen LogP contribution is 2.26. The van der Waals surface area contributed by atoms with Crippen LogP contribution in [0.2, 0.25) is 0 Å². The molecule has 0 aliphatic carbocycles. The highest BCUT2D eigenvalue weighted by molar-refractivity contribution is 5.94. The molecule has 2 aromatic heterocycles. The molecule has 1 aromatic carbocycles. The zero-order valence-corrected chi connectivity index (χ0v) is 12.9. The average molecular weight is 351 g/mol. The Morgan fingerprint density at radius 2 is 2.00 bits per heavy atom. The van der Waals surface area contributed by atoms with Crippen LogP contribution in [0.1, 0.15) is 10.5 Å². The first-order valence-corrected chi connectivity index (χ1v) is 7.08. The summed E-state index contributed by atoms with van der Waals surface area (Å²) in [4.78, 5) is 12.0. The van der Waals surface area contributed by atoms with E-state index in [0.717, 1.165) is 0 Å². The summed E-state index contributed by atoms with van der Waals surface area (Å²) in [7, 11) is 1.53. The fourth-order valence-electron chi connectivity index (χ4n) is 2.19. The molecule has 2 heterocycles. The number of carbonyl (C=O) groups excluding carboxylic acids is 1. The zero-order chi connectivity index (χ0) is 18.0. The molecular weight excluding hydrogens is 339 g/mol. The largest absolute Gasteiger partial charge is 0.497 e. The van der Waals surface area contributed by atoms with E-state index in [1.54, 1.807) is 29.6 Å². The van der Waals surface area contributed by atoms with Crippen molar-refractivity contribution in [3.8, 4) is 16.9 Å². The number of hydrogen-bond acceptors (Lipinski definition) is 5. The van der Waals surface area contributed by atoms with E-state index in [1.807, 2.05) is 0 Å². The molecule has 25 heavy (non-hydrogen) atoms. The van der Waals surface area contributed by atoms with Crippen molar-refractivity contribution in [1.29, 1.82) is 0 Å². The third kappa shape index (κ3) is 3.67. The van der Waals surface area contributed by atoms with Gasteiger partial charge in [0.1, 0.15) is 24.3 Å². The number of hydrogen-bond donors (Lipinski definition) is 1. The van der Waals surface area contributed by atoms with Gasteiger partial charge in [-0.05, 0) is 23.8 Å². The Morgan fingerprint density at radius 1 is 1.28 bits per heavy atom. The van der Waals surface area contributed by atoms with Gasteiger partial charge >= 0.3 is 6.18 Å². The van der Waals surface area contributed by atoms with Gasteiger partial charge in [-0.3, -0.25) is 4.79 Å². The van der Waals surface area contributed by atoms with Crippen LogP contribution in [0.4, 0.5) is 13.2 Å². The van der Waals surface area contributed by atoms with Crippen molar-refractivity contribution in [2.45, 2.75) is 6.18 Å². The number of methoxy groups -OCH3 is 1. The molecule has 0 aliphatic heterocycles. The van der Waals surface area contributed by atoms with Gasteiger partial charge in [-0.1, -0.05) is 12.1 Å². The molecule has 0 bridgehead atoms. The minimum Gasteiger partial charge on any atom is -0.497 e. The SMILES string of the molecule is COc1ccc(-c2cc(C(=O)NCC(F)(F)F)nn3cnnc23)cc1. The molecule has 3 rings (SSSR count). The van der Waals surface area contributed by atoms with E-state index >= 15 is 0 Å². The maximum atomic E-state index is 12.3. The molecule has 0 spiro atoms. The number of halogens is 3. The number of aromatic nitrogens is 4. The van der Waals surface area contributed by atoms with Crippen molar-refractivity contribution in [2.75, 3.05) is 13.7 Å². The molecule has 3 aromatic rings. The fourth-order valence-corrected chi connectivity index (χ4v) is 2.19. The standard InChI is InChI=1S/C15H12F3N5O2/c1-25-10-4-2-9(3-5-10)11-6-12(14(24)19-7-15(16,17)18)22-23-8-20-21-13(11)23/h2-6,8H,7H2,1H3,(H,19,24). The lowest BCUT2D eigenvalue weighted by Crippen LogP contribution is -2.34. The molecule has 0 unspecified atom stereocenters. The Labute approximate surface area is 139 Å². The van der Waals surface area contributed by atoms with E-state index in [1.165, 1.54) is 24.0 Å². The second-order valence-electron chi connectivity index (χ2n) is 5.07. The van der Waals surface area contributed by atoms with Gasteiger partial charge in [0.25, 0.3) is 5.91 Å². The normalized spacial score (nSPS) is 11.5. The van der Waals surface area contributed by atoms with Gasteiger partial charge in [-0.15, -0.1) is 10.2 Å². The van der Waals surface area contributed by atoms with Gasteiger partial charge in [-0.2, -0.15) is 22.8 Å². The molecule has 0 aliphatic rings. The van der Waals surface area contributed by atoms with E-state index < -0.39 is 18.6 Å². The van der Waals surface area contributed by atoms with E-state index in [9.17, 15) is 18.0 Å². The van der Waals surface area contributed by atoms with E-state index in [0.29, 0.717) is 22.5 Å². The van der Waals surface area contributed by atoms with Gasteiger partial charge in [0.05, 0.1) is 7.11 Å². The van der Waals surface area contributed by atoms with Crippen LogP contribution in [0.5, 0.6) is 5.75 Å². The molecule has 7 nitrogen and oxygen atoms in total. The van der Waals surface area contributed by atoms with Crippen LogP contribution in [0.3, 0.4) is 0 Å². The van der Waals surface area contributed by atoms with Gasteiger partial charge < -0.3 is 10.1 Å². The number of amides is 1. The lowest BCUT2D eigenvalue weighted by Gasteiger charge is -2.10. The molecule has 0 fully saturated rings. The number of benzene rings is 1. The minimum atomic E-state index is -4.50. The Kier molecular flexibility index (Phi) is 4.26. The summed E-state index contributed by atoms with van der Waals surface area (Å²) in [6.07, 6.45) is -3.24. The summed E-state index contributed by atoms with van der Waals surface area (Å²) < 4.78 is 43.2. The van der Waals surface area contributed by atoms with Crippen LogP contribution < -0.4 is 10.1 Å². The third-order valence-corrected chi connectivity index (χ3v) is 3.35. The Bertz CT molecular complexity index is 906. The summed E-state index contributed by atoms with van der Waals surface area (Å²) in [6.45, 7) is -1.44. The first-order chi connectivity index (χ1) is 11.9. The summed E-state index contributed by atoms with van der Waals surface area (Å²) in [6, 6.07) is 8.27. The van der Waals surface area contributed by atoms with Crippen LogP contribution in [0.15, 0.2) is 36.7 Å². The molecule has 0 saturated heterocycles. The van der Waals surface area contributed by atoms with Crippen LogP contribution >= 0.6 is 0 Å². The highest BCUT2D eigenvalue weighted by Gasteiger charge is 2.28. The second-order valence-corrected chi connectivity index (χ2v) is 5.07. The Balaban J connectivity index is 2.00. The summed E-state index contributed by atoms with van der Waals surface area (Å²) in [5.41, 5.74) is 1.39. The molecule has 1 N–H and O–H groups in total. The van der Waals surface area contributed by atoms with E-state index in [-0.39, 0.29) is 5.69 Å². The molecule has 1 amide bonds. The fraction of sp³-hybridized carbons (Fsp3) is 0.200. The lowest BCUT2D eigenvalue weighted by atomic mass is 10.1. The molecule has 0 radical (unpaired) electrons. The van der Waals surface area contributed by atoms with E-state index in [2.05, 4.69) is 15.3 Å². The third-order valence-electron chi connectivity index (χ3n) is 3.35. The summed E-state index contributed by atoms with van der Waals surface area (Å²) in [5, 5.41) is 13.4. The quantitative estimate of drug-likeness (QED) is 0.778. The number of nitrogens with zero attached hydrogens (tertiary/aromatic N) is 4. The smallest absolute Gasteiger partial charge is 0.405 e. The molecular formula is C15H12F3N5O2. The highest BCUT2D eigenvalue weighted by atomic mass is 19.4. The maximum absolute atomic E-state index is 12.3. The van der Waals surface area contributed by atoms with Crippen LogP contribution in [-0.4, -0.2) is 45.5 Å². The van der Waals surface area contributed by atoms with Crippen molar-refractivity contribution < 1.29 is 22.7 Å². The van der Waals surface area contributed by atoms with Gasteiger partial charge in [0.15, 0.2) is 5.65 Å². The molecule has 130 valence electrons. The minimum absolute atomic E-state index is 0.178. The van der Waals surface area contributed by atoms with Crippen molar-refractivity contribution in [2.24, 2.45) is 0 Å². The first kappa shape index (κ1) is 16.7. The average Bonchev–Trinajstić information content (AvgIpc) is 3.07. The number of rotatable bonds is 4. The van der Waals surface area contributed by atoms with Crippen molar-refractivity contribution in [1.82, 2.24) is 25.1 Å². The first-order valence-electron chi connectivity index (χ1n) is 7.08. The van der Waals surface area contributed by atoms with Crippen LogP contribution in [0.25, 0.3) is 16.8 Å². The Morgan fingerprint density at radius 3 is 2.64 bits per heavy atom. The monoisotopic (exact) mass is 351 g/mol. The number of fused-ring (bicyclic) bond motifs is 1. The number of nitrogens with one attached hydrogen (secondary N) is 1. The Hall–Kier alpha value is -3.17. The van der Waals surface area contributed by atoms with E-state index in [4.69, 9.17) is 4.74 Å². The van der Waals surface area contributed by atoms with Gasteiger partial charge in [0.2, 0.25) is 0 Å². The topological polar surface area (TPSA) is 81.4 Å². The van der Waals surface area contributed by atoms with Crippen molar-refractivity contribution in [3.05, 3.63) is 42.4 Å². The maximum Gasteiger partial charge on any atom is 0.405 e. The van der Waals surface area contributed by atoms with Crippen LogP contribution in [0, 0.1) is 0 Å². The second kappa shape index (κ2) is 6.38. The zero-order valence-electron chi connectivity index (χ0n) is 12.9. The molecule has 10 heteroatoms. The predicted octanol–water partition coefficient (Wildman–Crippen LogP) is 2.09. The molecule has 0 atom stereocenters. The molecule has 0 saturated carbocycles. The van der Waals surface area contributed by atoms with Gasteiger partial charge in [-0.25, -0.2) is 0 Å².